The summed E-state index contributed by atoms with van der Waals surface area (Å²) in [7, 11) is 0. The molecule has 2 aliphatic rings. The van der Waals surface area contributed by atoms with Crippen LogP contribution >= 0.6 is 0 Å². The van der Waals surface area contributed by atoms with Gasteiger partial charge < -0.3 is 15.4 Å². The topological polar surface area (TPSA) is 50.4 Å². The summed E-state index contributed by atoms with van der Waals surface area (Å²) in [5.41, 5.74) is -0.121. The van der Waals surface area contributed by atoms with Crippen molar-refractivity contribution in [3.05, 3.63) is 0 Å². The highest BCUT2D eigenvalue weighted by Crippen LogP contribution is 2.26. The van der Waals surface area contributed by atoms with Crippen LogP contribution in [0.1, 0.15) is 26.7 Å². The van der Waals surface area contributed by atoms with Gasteiger partial charge in [0, 0.05) is 19.1 Å². The monoisotopic (exact) mass is 212 g/mol. The predicted octanol–water partition coefficient (Wildman–Crippen LogP) is 0.280. The number of hydrogen-bond acceptors (Lipinski definition) is 3. The van der Waals surface area contributed by atoms with Crippen molar-refractivity contribution in [2.24, 2.45) is 5.92 Å². The first kappa shape index (κ1) is 10.9. The summed E-state index contributed by atoms with van der Waals surface area (Å²) in [6, 6.07) is 0.392. The first-order valence-electron chi connectivity index (χ1n) is 5.71. The van der Waals surface area contributed by atoms with Crippen molar-refractivity contribution in [1.82, 2.24) is 10.6 Å². The Morgan fingerprint density at radius 2 is 2.20 bits per heavy atom. The Bertz CT molecular complexity index is 245. The van der Waals surface area contributed by atoms with Crippen molar-refractivity contribution in [2.45, 2.75) is 38.3 Å². The van der Waals surface area contributed by atoms with Crippen LogP contribution in [0.15, 0.2) is 0 Å². The van der Waals surface area contributed by atoms with Crippen molar-refractivity contribution < 1.29 is 9.53 Å². The summed E-state index contributed by atoms with van der Waals surface area (Å²) in [6.45, 7) is 6.13. The maximum absolute atomic E-state index is 11.5. The van der Waals surface area contributed by atoms with Crippen molar-refractivity contribution in [3.63, 3.8) is 0 Å². The Morgan fingerprint density at radius 3 is 2.67 bits per heavy atom. The van der Waals surface area contributed by atoms with Crippen molar-refractivity contribution in [1.29, 1.82) is 0 Å². The average molecular weight is 212 g/mol. The molecule has 2 N–H and O–H groups in total. The number of rotatable bonds is 4. The lowest BCUT2D eigenvalue weighted by molar-refractivity contribution is -0.137. The summed E-state index contributed by atoms with van der Waals surface area (Å²) in [5.74, 6) is 0.796. The van der Waals surface area contributed by atoms with E-state index in [-0.39, 0.29) is 18.1 Å². The van der Waals surface area contributed by atoms with Gasteiger partial charge in [-0.1, -0.05) is 6.92 Å². The molecule has 1 saturated heterocycles. The quantitative estimate of drug-likeness (QED) is 0.704. The standard InChI is InChI=1S/C11H20N2O2/c1-8-3-9(4-8)13-10(14)5-15-11(2)6-12-7-11/h8-9,12H,3-7H2,1-2H3,(H,13,14). The molecular formula is C11H20N2O2. The zero-order chi connectivity index (χ0) is 10.9. The molecule has 1 heterocycles. The molecule has 1 amide bonds. The normalized spacial score (nSPS) is 32.7. The molecule has 15 heavy (non-hydrogen) atoms. The van der Waals surface area contributed by atoms with Crippen molar-refractivity contribution in [2.75, 3.05) is 19.7 Å². The van der Waals surface area contributed by atoms with Gasteiger partial charge in [0.15, 0.2) is 0 Å². The van der Waals surface area contributed by atoms with Crippen molar-refractivity contribution in [3.8, 4) is 0 Å². The van der Waals surface area contributed by atoms with Crippen LogP contribution < -0.4 is 10.6 Å². The van der Waals surface area contributed by atoms with Crippen molar-refractivity contribution >= 4 is 5.91 Å². The van der Waals surface area contributed by atoms with Gasteiger partial charge in [-0.15, -0.1) is 0 Å². The molecule has 0 aromatic carbocycles. The lowest BCUT2D eigenvalue weighted by Crippen LogP contribution is -2.60. The van der Waals surface area contributed by atoms with E-state index >= 15 is 0 Å². The second-order valence-corrected chi connectivity index (χ2v) is 5.18. The highest BCUT2D eigenvalue weighted by Gasteiger charge is 2.33. The minimum absolute atomic E-state index is 0.0278. The number of ether oxygens (including phenoxy) is 1. The van der Waals surface area contributed by atoms with E-state index in [0.717, 1.165) is 31.8 Å². The maximum Gasteiger partial charge on any atom is 0.246 e. The molecule has 0 bridgehead atoms. The summed E-state index contributed by atoms with van der Waals surface area (Å²) in [5, 5.41) is 6.12. The lowest BCUT2D eigenvalue weighted by Gasteiger charge is -2.39. The second kappa shape index (κ2) is 4.10. The molecular weight excluding hydrogens is 192 g/mol. The van der Waals surface area contributed by atoms with Crippen LogP contribution in [-0.4, -0.2) is 37.2 Å². The SMILES string of the molecule is CC1CC(NC(=O)COC2(C)CNC2)C1. The molecule has 86 valence electrons. The predicted molar refractivity (Wildman–Crippen MR) is 57.6 cm³/mol. The summed E-state index contributed by atoms with van der Waals surface area (Å²) in [4.78, 5) is 11.5. The fraction of sp³-hybridized carbons (Fsp3) is 0.909. The minimum atomic E-state index is -0.121. The Morgan fingerprint density at radius 1 is 1.53 bits per heavy atom. The third-order valence-electron chi connectivity index (χ3n) is 3.29. The largest absolute Gasteiger partial charge is 0.363 e. The fourth-order valence-electron chi connectivity index (χ4n) is 2.11. The molecule has 1 saturated carbocycles. The van der Waals surface area contributed by atoms with Crippen LogP contribution in [0.3, 0.4) is 0 Å². The third kappa shape index (κ3) is 2.69. The third-order valence-corrected chi connectivity index (χ3v) is 3.29. The Hall–Kier alpha value is -0.610. The molecule has 0 atom stereocenters. The zero-order valence-electron chi connectivity index (χ0n) is 9.51. The number of carbonyl (C=O) groups excluding carboxylic acids is 1. The molecule has 0 unspecified atom stereocenters. The Kier molecular flexibility index (Phi) is 2.98. The molecule has 0 aromatic rings. The van der Waals surface area contributed by atoms with Gasteiger partial charge in [-0.2, -0.15) is 0 Å². The van der Waals surface area contributed by atoms with Gasteiger partial charge in [0.05, 0.1) is 5.60 Å². The van der Waals surface area contributed by atoms with Crippen LogP contribution in [0.25, 0.3) is 0 Å². The number of carbonyl (C=O) groups is 1. The average Bonchev–Trinajstić information content (AvgIpc) is 2.09. The molecule has 0 radical (unpaired) electrons. The van der Waals surface area contributed by atoms with Crippen LogP contribution in [0, 0.1) is 5.92 Å². The van der Waals surface area contributed by atoms with Crippen LogP contribution in [-0.2, 0) is 9.53 Å². The molecule has 4 heteroatoms. The van der Waals surface area contributed by atoms with Gasteiger partial charge in [0.25, 0.3) is 0 Å². The van der Waals surface area contributed by atoms with Crippen LogP contribution in [0.2, 0.25) is 0 Å². The highest BCUT2D eigenvalue weighted by atomic mass is 16.5. The minimum Gasteiger partial charge on any atom is -0.363 e. The molecule has 2 fully saturated rings. The van der Waals surface area contributed by atoms with Gasteiger partial charge in [-0.25, -0.2) is 0 Å². The second-order valence-electron chi connectivity index (χ2n) is 5.18. The lowest BCUT2D eigenvalue weighted by atomic mass is 9.82. The van der Waals surface area contributed by atoms with Gasteiger partial charge in [-0.3, -0.25) is 4.79 Å². The van der Waals surface area contributed by atoms with Gasteiger partial charge in [0.1, 0.15) is 6.61 Å². The molecule has 0 spiro atoms. The number of hydrogen-bond donors (Lipinski definition) is 2. The first-order chi connectivity index (χ1) is 7.07. The van der Waals surface area contributed by atoms with E-state index in [4.69, 9.17) is 4.74 Å². The Labute approximate surface area is 90.8 Å². The van der Waals surface area contributed by atoms with E-state index in [1.165, 1.54) is 0 Å². The molecule has 1 aliphatic carbocycles. The molecule has 1 aliphatic heterocycles. The molecule has 4 nitrogen and oxygen atoms in total. The summed E-state index contributed by atoms with van der Waals surface area (Å²) < 4.78 is 5.55. The van der Waals surface area contributed by atoms with Gasteiger partial charge in [-0.05, 0) is 25.7 Å². The van der Waals surface area contributed by atoms with E-state index in [2.05, 4.69) is 17.6 Å². The van der Waals surface area contributed by atoms with Gasteiger partial charge in [0.2, 0.25) is 5.91 Å². The number of amides is 1. The first-order valence-corrected chi connectivity index (χ1v) is 5.71. The molecule has 2 rings (SSSR count). The maximum atomic E-state index is 11.5. The molecule has 0 aromatic heterocycles. The fourth-order valence-corrected chi connectivity index (χ4v) is 2.11. The van der Waals surface area contributed by atoms with E-state index in [0.29, 0.717) is 6.04 Å². The smallest absolute Gasteiger partial charge is 0.246 e. The van der Waals surface area contributed by atoms with E-state index in [9.17, 15) is 4.79 Å². The van der Waals surface area contributed by atoms with Gasteiger partial charge >= 0.3 is 0 Å². The number of nitrogens with one attached hydrogen (secondary N) is 2. The van der Waals surface area contributed by atoms with Crippen LogP contribution in [0.4, 0.5) is 0 Å². The summed E-state index contributed by atoms with van der Waals surface area (Å²) in [6.07, 6.45) is 2.23. The van der Waals surface area contributed by atoms with E-state index in [1.54, 1.807) is 0 Å². The zero-order valence-corrected chi connectivity index (χ0v) is 9.51. The highest BCUT2D eigenvalue weighted by molar-refractivity contribution is 5.77. The Balaban J connectivity index is 1.60. The summed E-state index contributed by atoms with van der Waals surface area (Å²) >= 11 is 0. The van der Waals surface area contributed by atoms with Crippen LogP contribution in [0.5, 0.6) is 0 Å². The van der Waals surface area contributed by atoms with E-state index < -0.39 is 0 Å². The van der Waals surface area contributed by atoms with E-state index in [1.807, 2.05) is 6.92 Å².